The molecule has 2 aromatic carbocycles. The number of carbonyl (C=O) groups is 1. The minimum atomic E-state index is -0.624. The van der Waals surface area contributed by atoms with Crippen LogP contribution in [0.15, 0.2) is 59.8 Å². The molecule has 7 heteroatoms. The molecule has 1 fully saturated rings. The highest BCUT2D eigenvalue weighted by molar-refractivity contribution is 5.93. The van der Waals surface area contributed by atoms with Crippen LogP contribution in [0.2, 0.25) is 0 Å². The number of nitrogens with one attached hydrogen (secondary N) is 3. The van der Waals surface area contributed by atoms with Crippen LogP contribution in [0.1, 0.15) is 23.6 Å². The van der Waals surface area contributed by atoms with Crippen molar-refractivity contribution in [3.63, 3.8) is 0 Å². The summed E-state index contributed by atoms with van der Waals surface area (Å²) >= 11 is 0. The summed E-state index contributed by atoms with van der Waals surface area (Å²) in [6, 6.07) is 16.7. The predicted molar refractivity (Wildman–Crippen MR) is 104 cm³/mol. The molecule has 0 radical (unpaired) electrons. The maximum atomic E-state index is 13.3. The summed E-state index contributed by atoms with van der Waals surface area (Å²) in [7, 11) is 0. The monoisotopic (exact) mass is 382 g/mol. The van der Waals surface area contributed by atoms with Crippen molar-refractivity contribution in [3.8, 4) is 0 Å². The Morgan fingerprint density at radius 2 is 2.07 bits per heavy atom. The molecule has 1 saturated heterocycles. The third kappa shape index (κ3) is 4.37. The Morgan fingerprint density at radius 3 is 2.89 bits per heavy atom. The molecular formula is C21H23FN4O2. The number of hydrazine groups is 1. The van der Waals surface area contributed by atoms with Crippen LogP contribution in [0.5, 0.6) is 0 Å². The van der Waals surface area contributed by atoms with Crippen LogP contribution in [0.3, 0.4) is 0 Å². The molecule has 3 atom stereocenters. The van der Waals surface area contributed by atoms with E-state index in [1.165, 1.54) is 17.7 Å². The van der Waals surface area contributed by atoms with E-state index in [1.54, 1.807) is 6.07 Å². The van der Waals surface area contributed by atoms with Gasteiger partial charge in [-0.15, -0.1) is 0 Å². The topological polar surface area (TPSA) is 74.8 Å². The van der Waals surface area contributed by atoms with Crippen molar-refractivity contribution in [1.82, 2.24) is 16.2 Å². The van der Waals surface area contributed by atoms with Crippen molar-refractivity contribution in [2.45, 2.75) is 25.0 Å². The maximum absolute atomic E-state index is 13.3. The molecule has 6 nitrogen and oxygen atoms in total. The Balaban J connectivity index is 1.27. The normalized spacial score (nSPS) is 23.9. The van der Waals surface area contributed by atoms with Crippen molar-refractivity contribution < 1.29 is 14.0 Å². The molecule has 0 spiro atoms. The second-order valence-corrected chi connectivity index (χ2v) is 7.18. The highest BCUT2D eigenvalue weighted by Gasteiger charge is 2.31. The fourth-order valence-electron chi connectivity index (χ4n) is 3.64. The van der Waals surface area contributed by atoms with Gasteiger partial charge in [-0.05, 0) is 23.3 Å². The molecule has 4 rings (SSSR count). The van der Waals surface area contributed by atoms with Crippen molar-refractivity contribution in [2.75, 3.05) is 13.1 Å². The highest BCUT2D eigenvalue weighted by Crippen LogP contribution is 2.24. The van der Waals surface area contributed by atoms with Gasteiger partial charge in [0, 0.05) is 31.8 Å². The Morgan fingerprint density at radius 1 is 1.21 bits per heavy atom. The zero-order chi connectivity index (χ0) is 19.3. The predicted octanol–water partition coefficient (Wildman–Crippen LogP) is 2.09. The van der Waals surface area contributed by atoms with Crippen LogP contribution in [0, 0.1) is 11.7 Å². The van der Waals surface area contributed by atoms with Crippen LogP contribution in [0.4, 0.5) is 4.39 Å². The molecule has 3 unspecified atom stereocenters. The largest absolute Gasteiger partial charge is 0.382 e. The van der Waals surface area contributed by atoms with Gasteiger partial charge >= 0.3 is 0 Å². The summed E-state index contributed by atoms with van der Waals surface area (Å²) < 4.78 is 13.3. The van der Waals surface area contributed by atoms with E-state index in [-0.39, 0.29) is 23.7 Å². The highest BCUT2D eigenvalue weighted by atomic mass is 19.1. The van der Waals surface area contributed by atoms with E-state index < -0.39 is 6.10 Å². The number of carbonyl (C=O) groups excluding carboxylic acids is 1. The van der Waals surface area contributed by atoms with Crippen molar-refractivity contribution in [2.24, 2.45) is 11.1 Å². The lowest BCUT2D eigenvalue weighted by Gasteiger charge is -2.20. The van der Waals surface area contributed by atoms with E-state index in [0.717, 1.165) is 17.8 Å². The second kappa shape index (κ2) is 8.50. The number of nitrogens with zero attached hydrogens (tertiary/aromatic N) is 1. The van der Waals surface area contributed by atoms with Crippen LogP contribution in [-0.2, 0) is 16.1 Å². The number of rotatable bonds is 6. The van der Waals surface area contributed by atoms with Gasteiger partial charge in [0.15, 0.2) is 0 Å². The lowest BCUT2D eigenvalue weighted by Crippen LogP contribution is -2.39. The average molecular weight is 382 g/mol. The zero-order valence-electron chi connectivity index (χ0n) is 15.4. The van der Waals surface area contributed by atoms with Gasteiger partial charge in [0.25, 0.3) is 5.91 Å². The number of halogens is 1. The molecule has 0 aromatic heterocycles. The minimum Gasteiger partial charge on any atom is -0.382 e. The molecule has 3 N–H and O–H groups in total. The van der Waals surface area contributed by atoms with Gasteiger partial charge in [0.05, 0.1) is 11.8 Å². The summed E-state index contributed by atoms with van der Waals surface area (Å²) in [5, 5.41) is 7.00. The lowest BCUT2D eigenvalue weighted by molar-refractivity contribution is -0.131. The fraction of sp³-hybridized carbons (Fsp3) is 0.333. The standard InChI is InChI=1S/C21H23FN4O2/c22-17-8-4-5-14(9-17)10-18-11-19(28-26-18)21(27)23-12-16-13-24-25-20(16)15-6-2-1-3-7-15/h1-9,16,19-20,24-25H,10-13H2,(H,23,27). The van der Waals surface area contributed by atoms with Crippen molar-refractivity contribution >= 4 is 11.6 Å². The molecule has 2 aliphatic heterocycles. The van der Waals surface area contributed by atoms with Gasteiger partial charge in [-0.25, -0.2) is 9.82 Å². The van der Waals surface area contributed by atoms with E-state index in [1.807, 2.05) is 24.3 Å². The summed E-state index contributed by atoms with van der Waals surface area (Å²) in [6.45, 7) is 1.31. The van der Waals surface area contributed by atoms with E-state index in [0.29, 0.717) is 19.4 Å². The second-order valence-electron chi connectivity index (χ2n) is 7.18. The molecule has 1 amide bonds. The van der Waals surface area contributed by atoms with E-state index >= 15 is 0 Å². The summed E-state index contributed by atoms with van der Waals surface area (Å²) in [6.07, 6.45) is 0.278. The number of benzene rings is 2. The first-order valence-electron chi connectivity index (χ1n) is 9.46. The molecule has 0 aliphatic carbocycles. The van der Waals surface area contributed by atoms with Crippen molar-refractivity contribution in [3.05, 3.63) is 71.5 Å². The lowest BCUT2D eigenvalue weighted by atomic mass is 9.95. The third-order valence-electron chi connectivity index (χ3n) is 5.11. The Labute approximate surface area is 163 Å². The summed E-state index contributed by atoms with van der Waals surface area (Å²) in [5.74, 6) is -0.213. The quantitative estimate of drug-likeness (QED) is 0.715. The molecule has 0 saturated carbocycles. The fourth-order valence-corrected chi connectivity index (χ4v) is 3.64. The van der Waals surface area contributed by atoms with Crippen LogP contribution < -0.4 is 16.2 Å². The molecule has 2 aliphatic rings. The van der Waals surface area contributed by atoms with Crippen LogP contribution >= 0.6 is 0 Å². The minimum absolute atomic E-state index is 0.144. The SMILES string of the molecule is O=C(NCC1CNNC1c1ccccc1)C1CC(Cc2cccc(F)c2)=NO1. The van der Waals surface area contributed by atoms with Gasteiger partial charge in [-0.2, -0.15) is 0 Å². The zero-order valence-corrected chi connectivity index (χ0v) is 15.4. The molecule has 2 heterocycles. The molecule has 28 heavy (non-hydrogen) atoms. The Hall–Kier alpha value is -2.77. The molecular weight excluding hydrogens is 359 g/mol. The first-order chi connectivity index (χ1) is 13.7. The van der Waals surface area contributed by atoms with Crippen LogP contribution in [0.25, 0.3) is 0 Å². The van der Waals surface area contributed by atoms with Crippen molar-refractivity contribution in [1.29, 1.82) is 0 Å². The van der Waals surface area contributed by atoms with Gasteiger partial charge in [-0.1, -0.05) is 47.6 Å². The molecule has 2 aromatic rings. The maximum Gasteiger partial charge on any atom is 0.264 e. The Bertz CT molecular complexity index is 858. The number of hydrogen-bond acceptors (Lipinski definition) is 5. The molecule has 146 valence electrons. The number of hydrogen-bond donors (Lipinski definition) is 3. The van der Waals surface area contributed by atoms with Gasteiger partial charge in [0.1, 0.15) is 5.82 Å². The number of oxime groups is 1. The number of amides is 1. The summed E-state index contributed by atoms with van der Waals surface area (Å²) in [5.41, 5.74) is 9.19. The van der Waals surface area contributed by atoms with Gasteiger partial charge in [0.2, 0.25) is 6.10 Å². The third-order valence-corrected chi connectivity index (χ3v) is 5.11. The first kappa shape index (κ1) is 18.6. The average Bonchev–Trinajstić information content (AvgIpc) is 3.36. The first-order valence-corrected chi connectivity index (χ1v) is 9.46. The van der Waals surface area contributed by atoms with Crippen LogP contribution in [-0.4, -0.2) is 30.8 Å². The van der Waals surface area contributed by atoms with E-state index in [2.05, 4.69) is 33.5 Å². The van der Waals surface area contributed by atoms with E-state index in [9.17, 15) is 9.18 Å². The van der Waals surface area contributed by atoms with E-state index in [4.69, 9.17) is 4.84 Å². The summed E-state index contributed by atoms with van der Waals surface area (Å²) in [4.78, 5) is 17.8. The smallest absolute Gasteiger partial charge is 0.264 e. The van der Waals surface area contributed by atoms with Gasteiger partial charge < -0.3 is 10.2 Å². The van der Waals surface area contributed by atoms with Gasteiger partial charge in [-0.3, -0.25) is 10.2 Å². The Kier molecular flexibility index (Phi) is 5.64. The molecule has 0 bridgehead atoms.